The molecule has 0 radical (unpaired) electrons. The van der Waals surface area contributed by atoms with Gasteiger partial charge >= 0.3 is 0 Å². The van der Waals surface area contributed by atoms with Crippen molar-refractivity contribution in [2.75, 3.05) is 18.0 Å². The maximum Gasteiger partial charge on any atom is 0.0398 e. The van der Waals surface area contributed by atoms with Gasteiger partial charge in [0.15, 0.2) is 0 Å². The van der Waals surface area contributed by atoms with E-state index in [1.54, 1.807) is 24.8 Å². The number of benzene rings is 1. The quantitative estimate of drug-likeness (QED) is 0.639. The van der Waals surface area contributed by atoms with E-state index in [1.165, 1.54) is 36.0 Å². The van der Waals surface area contributed by atoms with Crippen LogP contribution in [0.25, 0.3) is 0 Å². The van der Waals surface area contributed by atoms with Gasteiger partial charge in [0.05, 0.1) is 0 Å². The third-order valence-corrected chi connectivity index (χ3v) is 7.36. The first-order chi connectivity index (χ1) is 10.7. The summed E-state index contributed by atoms with van der Waals surface area (Å²) in [6.45, 7) is 2.28. The second-order valence-electron chi connectivity index (χ2n) is 8.28. The summed E-state index contributed by atoms with van der Waals surface area (Å²) in [5, 5.41) is 0. The van der Waals surface area contributed by atoms with Gasteiger partial charge in [-0.25, -0.2) is 0 Å². The highest BCUT2D eigenvalue weighted by atomic mass is 79.9. The second-order valence-corrected chi connectivity index (χ2v) is 9.20. The molecule has 1 nitrogen and oxygen atoms in total. The highest BCUT2D eigenvalue weighted by molar-refractivity contribution is 9.10. The fourth-order valence-corrected chi connectivity index (χ4v) is 6.56. The van der Waals surface area contributed by atoms with Crippen LogP contribution < -0.4 is 4.90 Å². The molecule has 4 fully saturated rings. The third-order valence-electron chi connectivity index (χ3n) is 6.83. The van der Waals surface area contributed by atoms with Crippen LogP contribution in [0, 0.1) is 23.2 Å². The molecule has 116 valence electrons. The molecular formula is C20H24BrN. The van der Waals surface area contributed by atoms with Crippen molar-refractivity contribution in [2.24, 2.45) is 23.2 Å². The van der Waals surface area contributed by atoms with Crippen molar-refractivity contribution in [2.45, 2.75) is 38.5 Å². The van der Waals surface area contributed by atoms with E-state index in [2.05, 4.69) is 51.2 Å². The minimum absolute atomic E-state index is 0.596. The van der Waals surface area contributed by atoms with Crippen molar-refractivity contribution in [3.63, 3.8) is 0 Å². The molecule has 6 rings (SSSR count). The Labute approximate surface area is 141 Å². The summed E-state index contributed by atoms with van der Waals surface area (Å²) in [6, 6.07) is 8.83. The summed E-state index contributed by atoms with van der Waals surface area (Å²) < 4.78 is 1.17. The molecule has 1 aromatic carbocycles. The lowest BCUT2D eigenvalue weighted by atomic mass is 9.48. The van der Waals surface area contributed by atoms with Crippen LogP contribution in [0.2, 0.25) is 0 Å². The number of rotatable bonds is 2. The zero-order valence-electron chi connectivity index (χ0n) is 13.1. The summed E-state index contributed by atoms with van der Waals surface area (Å²) in [4.78, 5) is 2.56. The van der Waals surface area contributed by atoms with Crippen molar-refractivity contribution in [1.29, 1.82) is 0 Å². The maximum absolute atomic E-state index is 3.54. The molecule has 2 heteroatoms. The van der Waals surface area contributed by atoms with E-state index in [-0.39, 0.29) is 0 Å². The van der Waals surface area contributed by atoms with Crippen LogP contribution in [0.4, 0.5) is 5.69 Å². The van der Waals surface area contributed by atoms with Gasteiger partial charge < -0.3 is 4.90 Å². The molecule has 0 atom stereocenters. The molecular weight excluding hydrogens is 334 g/mol. The first-order valence-electron chi connectivity index (χ1n) is 8.90. The van der Waals surface area contributed by atoms with E-state index < -0.39 is 0 Å². The number of hydrogen-bond donors (Lipinski definition) is 0. The Morgan fingerprint density at radius 2 is 1.50 bits per heavy atom. The van der Waals surface area contributed by atoms with Crippen molar-refractivity contribution in [3.05, 3.63) is 40.4 Å². The van der Waals surface area contributed by atoms with E-state index in [0.29, 0.717) is 5.41 Å². The summed E-state index contributed by atoms with van der Waals surface area (Å²) in [5.41, 5.74) is 3.76. The average molecular weight is 358 g/mol. The normalized spacial score (nSPS) is 39.4. The number of halogens is 1. The minimum Gasteiger partial charge on any atom is -0.364 e. The molecule has 4 bridgehead atoms. The van der Waals surface area contributed by atoms with Gasteiger partial charge in [-0.1, -0.05) is 22.0 Å². The molecule has 0 N–H and O–H groups in total. The van der Waals surface area contributed by atoms with Crippen molar-refractivity contribution in [1.82, 2.24) is 0 Å². The van der Waals surface area contributed by atoms with Gasteiger partial charge in [-0.2, -0.15) is 0 Å². The summed E-state index contributed by atoms with van der Waals surface area (Å²) in [6.07, 6.45) is 11.7. The van der Waals surface area contributed by atoms with Crippen LogP contribution in [0.1, 0.15) is 38.5 Å². The Balaban J connectivity index is 1.38. The van der Waals surface area contributed by atoms with Gasteiger partial charge in [-0.15, -0.1) is 0 Å². The third kappa shape index (κ3) is 2.10. The minimum atomic E-state index is 0.596. The molecule has 1 aliphatic heterocycles. The van der Waals surface area contributed by atoms with Crippen LogP contribution in [0.3, 0.4) is 0 Å². The molecule has 0 saturated heterocycles. The van der Waals surface area contributed by atoms with E-state index in [4.69, 9.17) is 0 Å². The Bertz CT molecular complexity index is 580. The second kappa shape index (κ2) is 4.87. The molecule has 4 saturated carbocycles. The SMILES string of the molecule is Brc1ccc(N2CC=C(C34CC5CC(CC(C5)C3)C4)C2)cc1. The molecule has 4 aliphatic carbocycles. The number of anilines is 1. The molecule has 0 amide bonds. The monoisotopic (exact) mass is 357 g/mol. The van der Waals surface area contributed by atoms with Crippen LogP contribution in [0.15, 0.2) is 40.4 Å². The number of hydrogen-bond acceptors (Lipinski definition) is 1. The molecule has 0 spiro atoms. The van der Waals surface area contributed by atoms with Gasteiger partial charge in [0, 0.05) is 23.2 Å². The Morgan fingerprint density at radius 3 is 2.09 bits per heavy atom. The lowest BCUT2D eigenvalue weighted by Crippen LogP contribution is -2.47. The topological polar surface area (TPSA) is 3.24 Å². The van der Waals surface area contributed by atoms with Gasteiger partial charge in [0.25, 0.3) is 0 Å². The summed E-state index contributed by atoms with van der Waals surface area (Å²) in [5.74, 6) is 3.15. The lowest BCUT2D eigenvalue weighted by molar-refractivity contribution is -0.0305. The Morgan fingerprint density at radius 1 is 0.909 bits per heavy atom. The predicted molar refractivity (Wildman–Crippen MR) is 95.0 cm³/mol. The van der Waals surface area contributed by atoms with E-state index >= 15 is 0 Å². The summed E-state index contributed by atoms with van der Waals surface area (Å²) in [7, 11) is 0. The van der Waals surface area contributed by atoms with E-state index in [1.807, 2.05) is 0 Å². The van der Waals surface area contributed by atoms with Crippen molar-refractivity contribution >= 4 is 21.6 Å². The average Bonchev–Trinajstić information content (AvgIpc) is 2.97. The molecule has 1 heterocycles. The zero-order valence-corrected chi connectivity index (χ0v) is 14.7. The molecule has 5 aliphatic rings. The smallest absolute Gasteiger partial charge is 0.0398 e. The Kier molecular flexibility index (Phi) is 3.02. The molecule has 0 unspecified atom stereocenters. The first-order valence-corrected chi connectivity index (χ1v) is 9.69. The largest absolute Gasteiger partial charge is 0.364 e. The fraction of sp³-hybridized carbons (Fsp3) is 0.600. The molecule has 22 heavy (non-hydrogen) atoms. The van der Waals surface area contributed by atoms with Crippen LogP contribution in [-0.2, 0) is 0 Å². The summed E-state index contributed by atoms with van der Waals surface area (Å²) >= 11 is 3.54. The van der Waals surface area contributed by atoms with E-state index in [0.717, 1.165) is 24.3 Å². The Hall–Kier alpha value is -0.760. The molecule has 1 aromatic rings. The van der Waals surface area contributed by atoms with Gasteiger partial charge in [-0.3, -0.25) is 0 Å². The first kappa shape index (κ1) is 13.7. The highest BCUT2D eigenvalue weighted by Crippen LogP contribution is 2.63. The van der Waals surface area contributed by atoms with Crippen LogP contribution in [0.5, 0.6) is 0 Å². The van der Waals surface area contributed by atoms with Gasteiger partial charge in [-0.05, 0) is 91.5 Å². The fourth-order valence-electron chi connectivity index (χ4n) is 6.29. The maximum atomic E-state index is 3.54. The van der Waals surface area contributed by atoms with Gasteiger partial charge in [0.1, 0.15) is 0 Å². The highest BCUT2D eigenvalue weighted by Gasteiger charge is 2.52. The number of nitrogens with zero attached hydrogens (tertiary/aromatic N) is 1. The lowest BCUT2D eigenvalue weighted by Gasteiger charge is -2.57. The van der Waals surface area contributed by atoms with Gasteiger partial charge in [0.2, 0.25) is 0 Å². The van der Waals surface area contributed by atoms with Crippen molar-refractivity contribution in [3.8, 4) is 0 Å². The predicted octanol–water partition coefficient (Wildman–Crippen LogP) is 5.41. The van der Waals surface area contributed by atoms with E-state index in [9.17, 15) is 0 Å². The van der Waals surface area contributed by atoms with Crippen molar-refractivity contribution < 1.29 is 0 Å². The van der Waals surface area contributed by atoms with Crippen LogP contribution >= 0.6 is 15.9 Å². The van der Waals surface area contributed by atoms with Crippen LogP contribution in [-0.4, -0.2) is 13.1 Å². The standard InChI is InChI=1S/C20H24BrN/c21-18-1-3-19(4-2-18)22-6-5-17(13-22)20-10-14-7-15(11-20)9-16(8-14)12-20/h1-5,14-16H,6-13H2. The zero-order chi connectivity index (χ0) is 14.7. The molecule has 0 aromatic heterocycles.